The van der Waals surface area contributed by atoms with E-state index in [4.69, 9.17) is 4.84 Å². The maximum absolute atomic E-state index is 13.0. The Balaban J connectivity index is 1.68. The van der Waals surface area contributed by atoms with Gasteiger partial charge in [0.25, 0.3) is 0 Å². The number of aromatic nitrogens is 2. The largest absolute Gasteiger partial charge is 0.505 e. The molecule has 0 amide bonds. The minimum Gasteiger partial charge on any atom is -0.505 e. The number of phenols is 1. The summed E-state index contributed by atoms with van der Waals surface area (Å²) in [4.78, 5) is 5.27. The Morgan fingerprint density at radius 3 is 2.86 bits per heavy atom. The minimum atomic E-state index is -0.674. The number of halogens is 1. The van der Waals surface area contributed by atoms with Gasteiger partial charge in [-0.1, -0.05) is 11.2 Å². The molecule has 0 aliphatic rings. The van der Waals surface area contributed by atoms with E-state index in [2.05, 4.69) is 20.1 Å². The fourth-order valence-electron chi connectivity index (χ4n) is 1.91. The van der Waals surface area contributed by atoms with Crippen LogP contribution >= 0.6 is 0 Å². The van der Waals surface area contributed by atoms with Crippen LogP contribution < -0.4 is 0 Å². The molecule has 112 valence electrons. The highest BCUT2D eigenvalue weighted by atomic mass is 19.1. The predicted molar refractivity (Wildman–Crippen MR) is 76.9 cm³/mol. The molecule has 0 unspecified atom stereocenters. The van der Waals surface area contributed by atoms with Crippen LogP contribution in [0.5, 0.6) is 5.75 Å². The molecule has 0 bridgehead atoms. The number of rotatable bonds is 4. The van der Waals surface area contributed by atoms with E-state index in [0.717, 1.165) is 5.56 Å². The van der Waals surface area contributed by atoms with Crippen molar-refractivity contribution >= 4 is 16.7 Å². The molecule has 0 spiro atoms. The highest BCUT2D eigenvalue weighted by Gasteiger charge is 2.05. The minimum absolute atomic E-state index is 0.243. The Labute approximate surface area is 124 Å². The Bertz CT molecular complexity index is 845. The fourth-order valence-corrected chi connectivity index (χ4v) is 1.91. The van der Waals surface area contributed by atoms with Gasteiger partial charge in [-0.25, -0.2) is 9.02 Å². The van der Waals surface area contributed by atoms with Crippen molar-refractivity contribution < 1.29 is 19.0 Å². The van der Waals surface area contributed by atoms with E-state index in [1.165, 1.54) is 18.2 Å². The Kier molecular flexibility index (Phi) is 3.69. The van der Waals surface area contributed by atoms with E-state index >= 15 is 0 Å². The van der Waals surface area contributed by atoms with Crippen molar-refractivity contribution in [3.05, 3.63) is 53.3 Å². The van der Waals surface area contributed by atoms with Crippen molar-refractivity contribution in [3.63, 3.8) is 0 Å². The van der Waals surface area contributed by atoms with Crippen LogP contribution in [0.15, 0.2) is 46.2 Å². The third-order valence-corrected chi connectivity index (χ3v) is 3.11. The summed E-state index contributed by atoms with van der Waals surface area (Å²) in [5.74, 6) is -1.09. The van der Waals surface area contributed by atoms with Crippen LogP contribution in [0.3, 0.4) is 0 Å². The molecule has 0 aliphatic carbocycles. The third-order valence-electron chi connectivity index (χ3n) is 3.11. The number of hydrogen-bond acceptors (Lipinski definition) is 6. The van der Waals surface area contributed by atoms with Gasteiger partial charge in [-0.2, -0.15) is 0 Å². The first kappa shape index (κ1) is 14.0. The van der Waals surface area contributed by atoms with E-state index < -0.39 is 11.6 Å². The summed E-state index contributed by atoms with van der Waals surface area (Å²) >= 11 is 0. The number of nitrogens with zero attached hydrogens (tertiary/aromatic N) is 3. The van der Waals surface area contributed by atoms with Crippen LogP contribution in [0.4, 0.5) is 4.39 Å². The van der Waals surface area contributed by atoms with Gasteiger partial charge >= 0.3 is 0 Å². The Morgan fingerprint density at radius 1 is 1.23 bits per heavy atom. The van der Waals surface area contributed by atoms with E-state index in [-0.39, 0.29) is 6.61 Å². The van der Waals surface area contributed by atoms with Gasteiger partial charge in [0, 0.05) is 5.56 Å². The molecule has 2 aromatic carbocycles. The summed E-state index contributed by atoms with van der Waals surface area (Å²) in [5.41, 5.74) is 3.28. The maximum Gasteiger partial charge on any atom is 0.164 e. The highest BCUT2D eigenvalue weighted by molar-refractivity contribution is 5.98. The van der Waals surface area contributed by atoms with Crippen LogP contribution in [-0.2, 0) is 11.4 Å². The first-order chi connectivity index (χ1) is 10.6. The average molecular weight is 301 g/mol. The smallest absolute Gasteiger partial charge is 0.164 e. The molecule has 0 saturated heterocycles. The quantitative estimate of drug-likeness (QED) is 0.592. The summed E-state index contributed by atoms with van der Waals surface area (Å²) in [6.45, 7) is 1.95. The molecule has 1 N–H and O–H groups in total. The van der Waals surface area contributed by atoms with E-state index in [1.54, 1.807) is 19.1 Å². The molecule has 0 saturated carbocycles. The van der Waals surface area contributed by atoms with Crippen LogP contribution in [0, 0.1) is 5.82 Å². The lowest BCUT2D eigenvalue weighted by atomic mass is 10.1. The van der Waals surface area contributed by atoms with Gasteiger partial charge in [-0.15, -0.1) is 0 Å². The van der Waals surface area contributed by atoms with Gasteiger partial charge in [-0.3, -0.25) is 0 Å². The third kappa shape index (κ3) is 2.88. The summed E-state index contributed by atoms with van der Waals surface area (Å²) in [6.07, 6.45) is 0. The molecule has 0 aliphatic heterocycles. The molecule has 0 radical (unpaired) electrons. The van der Waals surface area contributed by atoms with Gasteiger partial charge in [-0.05, 0) is 53.1 Å². The monoisotopic (exact) mass is 301 g/mol. The van der Waals surface area contributed by atoms with Crippen LogP contribution in [0.25, 0.3) is 11.0 Å². The van der Waals surface area contributed by atoms with Gasteiger partial charge < -0.3 is 9.94 Å². The molecule has 22 heavy (non-hydrogen) atoms. The SMILES string of the molecule is C/C(=N\OCc1ccc2nonc2c1)c1ccc(F)c(O)c1. The second kappa shape index (κ2) is 5.80. The van der Waals surface area contributed by atoms with Crippen molar-refractivity contribution in [2.24, 2.45) is 5.16 Å². The zero-order chi connectivity index (χ0) is 15.5. The van der Waals surface area contributed by atoms with Crippen molar-refractivity contribution in [1.29, 1.82) is 0 Å². The lowest BCUT2D eigenvalue weighted by Gasteiger charge is -2.04. The van der Waals surface area contributed by atoms with Gasteiger partial charge in [0.05, 0.1) is 5.71 Å². The topological polar surface area (TPSA) is 80.7 Å². The van der Waals surface area contributed by atoms with Gasteiger partial charge in [0.2, 0.25) is 0 Å². The van der Waals surface area contributed by atoms with Crippen LogP contribution in [-0.4, -0.2) is 21.1 Å². The molecule has 1 heterocycles. The molecule has 0 atom stereocenters. The van der Waals surface area contributed by atoms with E-state index in [0.29, 0.717) is 22.3 Å². The van der Waals surface area contributed by atoms with Gasteiger partial charge in [0.15, 0.2) is 11.6 Å². The predicted octanol–water partition coefficient (Wildman–Crippen LogP) is 3.01. The second-order valence-electron chi connectivity index (χ2n) is 4.70. The first-order valence-electron chi connectivity index (χ1n) is 6.50. The van der Waals surface area contributed by atoms with Crippen molar-refractivity contribution in [3.8, 4) is 5.75 Å². The Morgan fingerprint density at radius 2 is 2.05 bits per heavy atom. The number of benzene rings is 2. The fraction of sp³-hybridized carbons (Fsp3) is 0.133. The zero-order valence-electron chi connectivity index (χ0n) is 11.7. The van der Waals surface area contributed by atoms with E-state index in [1.807, 2.05) is 6.07 Å². The normalized spacial score (nSPS) is 11.8. The lowest BCUT2D eigenvalue weighted by Crippen LogP contribution is -1.97. The molecule has 3 aromatic rings. The summed E-state index contributed by atoms with van der Waals surface area (Å²) < 4.78 is 17.6. The van der Waals surface area contributed by atoms with Crippen LogP contribution in [0.2, 0.25) is 0 Å². The van der Waals surface area contributed by atoms with Crippen molar-refractivity contribution in [1.82, 2.24) is 10.3 Å². The second-order valence-corrected chi connectivity index (χ2v) is 4.70. The number of fused-ring (bicyclic) bond motifs is 1. The molecule has 7 heteroatoms. The molecule has 3 rings (SSSR count). The van der Waals surface area contributed by atoms with Crippen molar-refractivity contribution in [2.45, 2.75) is 13.5 Å². The molecular weight excluding hydrogens is 289 g/mol. The zero-order valence-corrected chi connectivity index (χ0v) is 11.7. The average Bonchev–Trinajstić information content (AvgIpc) is 2.97. The Hall–Kier alpha value is -2.96. The van der Waals surface area contributed by atoms with Crippen LogP contribution in [0.1, 0.15) is 18.1 Å². The summed E-state index contributed by atoms with van der Waals surface area (Å²) in [6, 6.07) is 9.39. The van der Waals surface area contributed by atoms with E-state index in [9.17, 15) is 9.50 Å². The van der Waals surface area contributed by atoms with Crippen molar-refractivity contribution in [2.75, 3.05) is 0 Å². The number of phenolic OH excluding ortho intramolecular Hbond substituents is 1. The maximum atomic E-state index is 13.0. The molecular formula is C15H12FN3O3. The lowest BCUT2D eigenvalue weighted by molar-refractivity contribution is 0.130. The molecule has 6 nitrogen and oxygen atoms in total. The highest BCUT2D eigenvalue weighted by Crippen LogP contribution is 2.17. The summed E-state index contributed by atoms with van der Waals surface area (Å²) in [7, 11) is 0. The van der Waals surface area contributed by atoms with Gasteiger partial charge in [0.1, 0.15) is 17.6 Å². The number of hydrogen-bond donors (Lipinski definition) is 1. The summed E-state index contributed by atoms with van der Waals surface area (Å²) in [5, 5.41) is 20.8. The first-order valence-corrected chi connectivity index (χ1v) is 6.50. The molecule has 0 fully saturated rings. The number of aromatic hydroxyl groups is 1. The number of oxime groups is 1. The standard InChI is InChI=1S/C15H12FN3O3/c1-9(11-3-4-12(16)15(20)7-11)17-21-8-10-2-5-13-14(6-10)19-22-18-13/h2-7,20H,8H2,1H3/b17-9+. The molecule has 1 aromatic heterocycles.